The maximum absolute atomic E-state index is 12.1. The zero-order chi connectivity index (χ0) is 12.2. The third-order valence-electron chi connectivity index (χ3n) is 2.26. The number of thiophene rings is 1. The topological polar surface area (TPSA) is 37.4 Å². The number of hydrogen-bond donors (Lipinski definition) is 0. The van der Waals surface area contributed by atoms with Gasteiger partial charge in [-0.15, -0.1) is 22.9 Å². The maximum atomic E-state index is 12.1. The Hall–Kier alpha value is -0.100. The number of hydrogen-bond acceptors (Lipinski definition) is 3. The van der Waals surface area contributed by atoms with Crippen molar-refractivity contribution in [3.63, 3.8) is 0 Å². The number of halogens is 1. The molecule has 0 aliphatic heterocycles. The first kappa shape index (κ1) is 14.0. The minimum Gasteiger partial charge on any atom is -0.206 e. The van der Waals surface area contributed by atoms with Crippen molar-refractivity contribution in [1.82, 2.24) is 4.31 Å². The van der Waals surface area contributed by atoms with Crippen LogP contribution in [0.2, 0.25) is 0 Å². The van der Waals surface area contributed by atoms with Crippen molar-refractivity contribution >= 4 is 33.0 Å². The zero-order valence-corrected chi connectivity index (χ0v) is 11.8. The highest BCUT2D eigenvalue weighted by atomic mass is 35.5. The molecule has 0 amide bonds. The van der Waals surface area contributed by atoms with Gasteiger partial charge in [0.25, 0.3) is 10.0 Å². The van der Waals surface area contributed by atoms with Crippen molar-refractivity contribution in [1.29, 1.82) is 0 Å². The van der Waals surface area contributed by atoms with Gasteiger partial charge in [-0.25, -0.2) is 12.7 Å². The van der Waals surface area contributed by atoms with Crippen molar-refractivity contribution in [3.05, 3.63) is 17.0 Å². The van der Waals surface area contributed by atoms with E-state index in [0.717, 1.165) is 17.7 Å². The van der Waals surface area contributed by atoms with Crippen LogP contribution in [-0.2, 0) is 15.9 Å². The highest BCUT2D eigenvalue weighted by molar-refractivity contribution is 7.91. The van der Waals surface area contributed by atoms with Gasteiger partial charge in [-0.2, -0.15) is 0 Å². The Labute approximate surface area is 106 Å². The predicted octanol–water partition coefficient (Wildman–Crippen LogP) is 2.91. The molecule has 92 valence electrons. The molecule has 0 aliphatic carbocycles. The molecule has 0 aromatic carbocycles. The fraction of sp³-hybridized carbons (Fsp3) is 0.600. The first-order chi connectivity index (χ1) is 7.52. The molecular weight excluding hydrogens is 266 g/mol. The van der Waals surface area contributed by atoms with Gasteiger partial charge in [-0.3, -0.25) is 0 Å². The molecule has 16 heavy (non-hydrogen) atoms. The largest absolute Gasteiger partial charge is 0.252 e. The highest BCUT2D eigenvalue weighted by Crippen LogP contribution is 2.25. The smallest absolute Gasteiger partial charge is 0.206 e. The minimum absolute atomic E-state index is 0.360. The van der Waals surface area contributed by atoms with E-state index in [1.807, 2.05) is 6.92 Å². The highest BCUT2D eigenvalue weighted by Gasteiger charge is 2.21. The van der Waals surface area contributed by atoms with E-state index < -0.39 is 10.0 Å². The molecule has 1 aromatic heterocycles. The molecule has 3 nitrogen and oxygen atoms in total. The lowest BCUT2D eigenvalue weighted by molar-refractivity contribution is 0.461. The summed E-state index contributed by atoms with van der Waals surface area (Å²) < 4.78 is 25.9. The molecule has 0 atom stereocenters. The molecular formula is C10H16ClNO2S2. The second-order valence-electron chi connectivity index (χ2n) is 3.53. The summed E-state index contributed by atoms with van der Waals surface area (Å²) in [6, 6.07) is 3.39. The molecule has 0 unspecified atom stereocenters. The maximum Gasteiger partial charge on any atom is 0.252 e. The van der Waals surface area contributed by atoms with Gasteiger partial charge in [0, 0.05) is 18.5 Å². The Kier molecular flexibility index (Phi) is 5.24. The molecule has 0 aliphatic rings. The van der Waals surface area contributed by atoms with Crippen LogP contribution in [0.25, 0.3) is 0 Å². The molecule has 1 aromatic rings. The fourth-order valence-corrected chi connectivity index (χ4v) is 4.10. The van der Waals surface area contributed by atoms with Gasteiger partial charge >= 0.3 is 0 Å². The minimum atomic E-state index is -3.31. The molecule has 0 fully saturated rings. The lowest BCUT2D eigenvalue weighted by Gasteiger charge is -2.15. The van der Waals surface area contributed by atoms with Crippen molar-refractivity contribution in [2.24, 2.45) is 0 Å². The summed E-state index contributed by atoms with van der Waals surface area (Å²) in [5, 5.41) is 0. The van der Waals surface area contributed by atoms with Gasteiger partial charge < -0.3 is 0 Å². The first-order valence-electron chi connectivity index (χ1n) is 5.13. The number of sulfonamides is 1. The fourth-order valence-electron chi connectivity index (χ4n) is 1.22. The Balaban J connectivity index is 2.84. The summed E-state index contributed by atoms with van der Waals surface area (Å²) in [4.78, 5) is 0.879. The molecule has 1 rings (SSSR count). The molecule has 1 heterocycles. The quantitative estimate of drug-likeness (QED) is 0.752. The van der Waals surface area contributed by atoms with Gasteiger partial charge in [0.2, 0.25) is 0 Å². The average Bonchev–Trinajstić information content (AvgIpc) is 2.74. The van der Waals surface area contributed by atoms with Gasteiger partial charge in [0.15, 0.2) is 0 Å². The van der Waals surface area contributed by atoms with Crippen molar-refractivity contribution < 1.29 is 8.42 Å². The van der Waals surface area contributed by atoms with E-state index in [9.17, 15) is 8.42 Å². The van der Waals surface area contributed by atoms with Gasteiger partial charge in [-0.05, 0) is 18.6 Å². The molecule has 0 saturated carbocycles. The monoisotopic (exact) mass is 281 g/mol. The van der Waals surface area contributed by atoms with Crippen molar-refractivity contribution in [3.8, 4) is 0 Å². The summed E-state index contributed by atoms with van der Waals surface area (Å²) in [7, 11) is -1.69. The normalized spacial score (nSPS) is 12.2. The van der Waals surface area contributed by atoms with Gasteiger partial charge in [0.1, 0.15) is 4.21 Å². The number of rotatable bonds is 6. The summed E-state index contributed by atoms with van der Waals surface area (Å²) in [6.07, 6.45) is 1.86. The van der Waals surface area contributed by atoms with E-state index in [1.54, 1.807) is 19.2 Å². The average molecular weight is 282 g/mol. The van der Waals surface area contributed by atoms with Crippen LogP contribution < -0.4 is 0 Å². The summed E-state index contributed by atoms with van der Waals surface area (Å²) in [5.41, 5.74) is 0. The van der Waals surface area contributed by atoms with Crippen LogP contribution >= 0.6 is 22.9 Å². The second-order valence-corrected chi connectivity index (χ2v) is 7.24. The van der Waals surface area contributed by atoms with Crippen molar-refractivity contribution in [2.75, 3.05) is 13.6 Å². The van der Waals surface area contributed by atoms with Crippen LogP contribution in [0.1, 0.15) is 24.6 Å². The Morgan fingerprint density at radius 1 is 1.44 bits per heavy atom. The third kappa shape index (κ3) is 3.20. The SMILES string of the molecule is CCCCN(C)S(=O)(=O)c1ccc(CCl)s1. The molecule has 0 saturated heterocycles. The molecule has 0 bridgehead atoms. The van der Waals surface area contributed by atoms with Crippen LogP contribution in [0.4, 0.5) is 0 Å². The Morgan fingerprint density at radius 2 is 2.12 bits per heavy atom. The number of unbranched alkanes of at least 4 members (excludes halogenated alkanes) is 1. The summed E-state index contributed by atoms with van der Waals surface area (Å²) in [5.74, 6) is 0.360. The Bertz CT molecular complexity index is 428. The van der Waals surface area contributed by atoms with Crippen LogP contribution in [0.15, 0.2) is 16.3 Å². The number of nitrogens with zero attached hydrogens (tertiary/aromatic N) is 1. The van der Waals surface area contributed by atoms with E-state index in [1.165, 1.54) is 15.6 Å². The van der Waals surface area contributed by atoms with Crippen LogP contribution in [0, 0.1) is 0 Å². The van der Waals surface area contributed by atoms with Crippen LogP contribution in [0.5, 0.6) is 0 Å². The molecule has 0 spiro atoms. The zero-order valence-electron chi connectivity index (χ0n) is 9.44. The van der Waals surface area contributed by atoms with Crippen LogP contribution in [-0.4, -0.2) is 26.3 Å². The van der Waals surface area contributed by atoms with E-state index in [0.29, 0.717) is 16.6 Å². The van der Waals surface area contributed by atoms with E-state index in [4.69, 9.17) is 11.6 Å². The van der Waals surface area contributed by atoms with Gasteiger partial charge in [-0.1, -0.05) is 13.3 Å². The molecule has 6 heteroatoms. The lowest BCUT2D eigenvalue weighted by atomic mass is 10.3. The van der Waals surface area contributed by atoms with E-state index in [2.05, 4.69) is 0 Å². The Morgan fingerprint density at radius 3 is 2.62 bits per heavy atom. The first-order valence-corrected chi connectivity index (χ1v) is 7.92. The lowest BCUT2D eigenvalue weighted by Crippen LogP contribution is -2.27. The third-order valence-corrected chi connectivity index (χ3v) is 6.12. The van der Waals surface area contributed by atoms with E-state index in [-0.39, 0.29) is 0 Å². The standard InChI is InChI=1S/C10H16ClNO2S2/c1-3-4-7-12(2)16(13,14)10-6-5-9(8-11)15-10/h5-6H,3-4,7-8H2,1-2H3. The summed E-state index contributed by atoms with van der Waals surface area (Å²) in [6.45, 7) is 2.60. The summed E-state index contributed by atoms with van der Waals surface area (Å²) >= 11 is 6.90. The van der Waals surface area contributed by atoms with Crippen molar-refractivity contribution in [2.45, 2.75) is 29.9 Å². The predicted molar refractivity (Wildman–Crippen MR) is 68.6 cm³/mol. The van der Waals surface area contributed by atoms with Crippen LogP contribution in [0.3, 0.4) is 0 Å². The molecule has 0 radical (unpaired) electrons. The number of alkyl halides is 1. The molecule has 0 N–H and O–H groups in total. The second kappa shape index (κ2) is 6.00. The van der Waals surface area contributed by atoms with E-state index >= 15 is 0 Å². The van der Waals surface area contributed by atoms with Gasteiger partial charge in [0.05, 0.1) is 5.88 Å².